The van der Waals surface area contributed by atoms with Gasteiger partial charge in [-0.1, -0.05) is 30.3 Å². The highest BCUT2D eigenvalue weighted by Gasteiger charge is 2.43. The number of carboxylic acid groups (broad SMARTS) is 1. The highest BCUT2D eigenvalue weighted by Crippen LogP contribution is 2.52. The Morgan fingerprint density at radius 2 is 1.93 bits per heavy atom. The number of carbonyl (C=O) groups is 1. The maximum Gasteiger partial charge on any atom is 0.303 e. The molecule has 1 aromatic carbocycles. The Bertz CT molecular complexity index is 339. The fourth-order valence-electron chi connectivity index (χ4n) is 2.07. The second-order valence-electron chi connectivity index (χ2n) is 4.56. The van der Waals surface area contributed by atoms with Crippen LogP contribution in [0.25, 0.3) is 0 Å². The van der Waals surface area contributed by atoms with E-state index < -0.39 is 5.97 Å². The predicted octanol–water partition coefficient (Wildman–Crippen LogP) is 2.87. The highest BCUT2D eigenvalue weighted by molar-refractivity contribution is 5.68. The highest BCUT2D eigenvalue weighted by atomic mass is 16.4. The Morgan fingerprint density at radius 1 is 1.27 bits per heavy atom. The standard InChI is InChI=1S/C13H16O2/c14-12(15)10-13(8-9-13)7-6-11-4-2-1-3-5-11/h1-5H,6-10H2,(H,14,15). The van der Waals surface area contributed by atoms with Gasteiger partial charge in [0.25, 0.3) is 0 Å². The topological polar surface area (TPSA) is 37.3 Å². The minimum atomic E-state index is -0.652. The molecule has 1 saturated carbocycles. The molecule has 0 unspecified atom stereocenters. The Hall–Kier alpha value is -1.31. The van der Waals surface area contributed by atoms with Gasteiger partial charge in [0.1, 0.15) is 0 Å². The molecule has 15 heavy (non-hydrogen) atoms. The first kappa shape index (κ1) is 10.2. The third kappa shape index (κ3) is 2.82. The summed E-state index contributed by atoms with van der Waals surface area (Å²) in [5.41, 5.74) is 1.44. The van der Waals surface area contributed by atoms with Crippen molar-refractivity contribution in [3.8, 4) is 0 Å². The lowest BCUT2D eigenvalue weighted by molar-refractivity contribution is -0.138. The zero-order chi connectivity index (χ0) is 10.7. The molecule has 1 fully saturated rings. The van der Waals surface area contributed by atoms with Crippen LogP contribution < -0.4 is 0 Å². The number of carboxylic acids is 1. The first-order chi connectivity index (χ1) is 7.20. The summed E-state index contributed by atoms with van der Waals surface area (Å²) in [5, 5.41) is 8.79. The van der Waals surface area contributed by atoms with E-state index in [-0.39, 0.29) is 5.41 Å². The molecular formula is C13H16O2. The molecule has 0 aliphatic heterocycles. The van der Waals surface area contributed by atoms with Gasteiger partial charge < -0.3 is 5.11 Å². The molecule has 1 N–H and O–H groups in total. The van der Waals surface area contributed by atoms with Crippen molar-refractivity contribution in [2.24, 2.45) is 5.41 Å². The van der Waals surface area contributed by atoms with Gasteiger partial charge in [0.05, 0.1) is 6.42 Å². The lowest BCUT2D eigenvalue weighted by atomic mass is 9.94. The van der Waals surface area contributed by atoms with Crippen LogP contribution in [0.15, 0.2) is 30.3 Å². The second kappa shape index (κ2) is 4.05. The van der Waals surface area contributed by atoms with Crippen LogP contribution in [0, 0.1) is 5.41 Å². The summed E-state index contributed by atoms with van der Waals surface area (Å²) in [6.45, 7) is 0. The predicted molar refractivity (Wildman–Crippen MR) is 58.7 cm³/mol. The van der Waals surface area contributed by atoms with Crippen molar-refractivity contribution in [2.75, 3.05) is 0 Å². The van der Waals surface area contributed by atoms with Crippen molar-refractivity contribution in [2.45, 2.75) is 32.1 Å². The molecule has 2 rings (SSSR count). The zero-order valence-electron chi connectivity index (χ0n) is 8.78. The minimum Gasteiger partial charge on any atom is -0.481 e. The molecule has 2 nitrogen and oxygen atoms in total. The van der Waals surface area contributed by atoms with E-state index in [9.17, 15) is 4.79 Å². The van der Waals surface area contributed by atoms with Gasteiger partial charge in [-0.15, -0.1) is 0 Å². The molecule has 1 aliphatic carbocycles. The van der Waals surface area contributed by atoms with Crippen molar-refractivity contribution in [3.63, 3.8) is 0 Å². The van der Waals surface area contributed by atoms with E-state index in [0.29, 0.717) is 6.42 Å². The van der Waals surface area contributed by atoms with E-state index in [1.165, 1.54) is 5.56 Å². The first-order valence-corrected chi connectivity index (χ1v) is 5.46. The lowest BCUT2D eigenvalue weighted by Gasteiger charge is -2.11. The average molecular weight is 204 g/mol. The third-order valence-corrected chi connectivity index (χ3v) is 3.27. The van der Waals surface area contributed by atoms with E-state index in [1.807, 2.05) is 18.2 Å². The maximum atomic E-state index is 10.7. The van der Waals surface area contributed by atoms with Crippen LogP contribution in [0.2, 0.25) is 0 Å². The van der Waals surface area contributed by atoms with E-state index in [2.05, 4.69) is 12.1 Å². The van der Waals surface area contributed by atoms with Crippen molar-refractivity contribution in [1.29, 1.82) is 0 Å². The molecular weight excluding hydrogens is 188 g/mol. The number of benzene rings is 1. The summed E-state index contributed by atoms with van der Waals surface area (Å²) in [7, 11) is 0. The Morgan fingerprint density at radius 3 is 2.47 bits per heavy atom. The van der Waals surface area contributed by atoms with Gasteiger partial charge >= 0.3 is 5.97 Å². The molecule has 0 amide bonds. The first-order valence-electron chi connectivity index (χ1n) is 5.46. The molecule has 0 spiro atoms. The fourth-order valence-corrected chi connectivity index (χ4v) is 2.07. The van der Waals surface area contributed by atoms with Crippen LogP contribution in [-0.2, 0) is 11.2 Å². The van der Waals surface area contributed by atoms with Gasteiger partial charge in [-0.2, -0.15) is 0 Å². The quantitative estimate of drug-likeness (QED) is 0.800. The van der Waals surface area contributed by atoms with Crippen molar-refractivity contribution < 1.29 is 9.90 Å². The molecule has 0 heterocycles. The van der Waals surface area contributed by atoms with Crippen LogP contribution in [0.5, 0.6) is 0 Å². The zero-order valence-corrected chi connectivity index (χ0v) is 8.78. The third-order valence-electron chi connectivity index (χ3n) is 3.27. The number of hydrogen-bond acceptors (Lipinski definition) is 1. The molecule has 0 bridgehead atoms. The normalized spacial score (nSPS) is 17.3. The Labute approximate surface area is 89.9 Å². The van der Waals surface area contributed by atoms with Crippen LogP contribution in [0.4, 0.5) is 0 Å². The lowest BCUT2D eigenvalue weighted by Crippen LogP contribution is -2.09. The molecule has 0 saturated heterocycles. The second-order valence-corrected chi connectivity index (χ2v) is 4.56. The Kier molecular flexibility index (Phi) is 2.76. The van der Waals surface area contributed by atoms with Gasteiger partial charge in [0, 0.05) is 0 Å². The van der Waals surface area contributed by atoms with Crippen molar-refractivity contribution >= 4 is 5.97 Å². The van der Waals surface area contributed by atoms with E-state index in [0.717, 1.165) is 25.7 Å². The van der Waals surface area contributed by atoms with Gasteiger partial charge in [-0.25, -0.2) is 0 Å². The monoisotopic (exact) mass is 204 g/mol. The molecule has 80 valence electrons. The molecule has 0 radical (unpaired) electrons. The summed E-state index contributed by atoms with van der Waals surface area (Å²) in [6, 6.07) is 10.3. The summed E-state index contributed by atoms with van der Waals surface area (Å²) in [4.78, 5) is 10.7. The van der Waals surface area contributed by atoms with Gasteiger partial charge in [0.15, 0.2) is 0 Å². The van der Waals surface area contributed by atoms with Crippen LogP contribution >= 0.6 is 0 Å². The largest absolute Gasteiger partial charge is 0.481 e. The molecule has 2 heteroatoms. The van der Waals surface area contributed by atoms with E-state index in [1.54, 1.807) is 0 Å². The van der Waals surface area contributed by atoms with Crippen molar-refractivity contribution in [3.05, 3.63) is 35.9 Å². The molecule has 1 aromatic rings. The molecule has 0 atom stereocenters. The summed E-state index contributed by atoms with van der Waals surface area (Å²) in [5.74, 6) is -0.652. The molecule has 0 aromatic heterocycles. The van der Waals surface area contributed by atoms with Crippen LogP contribution in [-0.4, -0.2) is 11.1 Å². The minimum absolute atomic E-state index is 0.127. The number of aliphatic carboxylic acids is 1. The van der Waals surface area contributed by atoms with Crippen LogP contribution in [0.1, 0.15) is 31.2 Å². The summed E-state index contributed by atoms with van der Waals surface area (Å²) < 4.78 is 0. The van der Waals surface area contributed by atoms with Gasteiger partial charge in [-0.3, -0.25) is 4.79 Å². The SMILES string of the molecule is O=C(O)CC1(CCc2ccccc2)CC1. The van der Waals surface area contributed by atoms with E-state index in [4.69, 9.17) is 5.11 Å². The average Bonchev–Trinajstić information content (AvgIpc) is 2.96. The van der Waals surface area contributed by atoms with Crippen molar-refractivity contribution in [1.82, 2.24) is 0 Å². The number of rotatable bonds is 5. The number of hydrogen-bond donors (Lipinski definition) is 1. The van der Waals surface area contributed by atoms with Gasteiger partial charge in [-0.05, 0) is 36.7 Å². The Balaban J connectivity index is 1.86. The maximum absolute atomic E-state index is 10.7. The van der Waals surface area contributed by atoms with Gasteiger partial charge in [0.2, 0.25) is 0 Å². The fraction of sp³-hybridized carbons (Fsp3) is 0.462. The number of aryl methyl sites for hydroxylation is 1. The molecule has 1 aliphatic rings. The van der Waals surface area contributed by atoms with Crippen LogP contribution in [0.3, 0.4) is 0 Å². The summed E-state index contributed by atoms with van der Waals surface area (Å²) >= 11 is 0. The smallest absolute Gasteiger partial charge is 0.303 e. The summed E-state index contributed by atoms with van der Waals surface area (Å²) in [6.07, 6.45) is 4.55. The van der Waals surface area contributed by atoms with E-state index >= 15 is 0 Å².